The zero-order chi connectivity index (χ0) is 12.7. The summed E-state index contributed by atoms with van der Waals surface area (Å²) < 4.78 is 22.6. The van der Waals surface area contributed by atoms with E-state index in [1.165, 1.54) is 6.07 Å². The third-order valence-electron chi connectivity index (χ3n) is 1.93. The lowest BCUT2D eigenvalue weighted by atomic mass is 10.2. The smallest absolute Gasteiger partial charge is 0.340 e. The number of aliphatic hydroxyl groups is 1. The molecule has 94 valence electrons. The highest BCUT2D eigenvalue weighted by atomic mass is 19.1. The molecule has 6 heteroatoms. The fourth-order valence-corrected chi connectivity index (χ4v) is 1.14. The van der Waals surface area contributed by atoms with Gasteiger partial charge in [-0.3, -0.25) is 0 Å². The van der Waals surface area contributed by atoms with Crippen molar-refractivity contribution in [2.75, 3.05) is 32.2 Å². The molecule has 5 nitrogen and oxygen atoms in total. The van der Waals surface area contributed by atoms with E-state index in [1.54, 1.807) is 0 Å². The van der Waals surface area contributed by atoms with Crippen LogP contribution in [0.5, 0.6) is 0 Å². The summed E-state index contributed by atoms with van der Waals surface area (Å²) in [6, 6.07) is 3.48. The van der Waals surface area contributed by atoms with Crippen molar-refractivity contribution in [3.8, 4) is 0 Å². The molecule has 3 N–H and O–H groups in total. The second-order valence-electron chi connectivity index (χ2n) is 3.20. The first-order valence-electron chi connectivity index (χ1n) is 5.06. The molecule has 0 saturated carbocycles. The minimum absolute atomic E-state index is 0.00726. The van der Waals surface area contributed by atoms with Gasteiger partial charge in [-0.1, -0.05) is 0 Å². The first kappa shape index (κ1) is 13.4. The lowest BCUT2D eigenvalue weighted by Crippen LogP contribution is -2.13. The van der Waals surface area contributed by atoms with E-state index < -0.39 is 11.8 Å². The van der Waals surface area contributed by atoms with Gasteiger partial charge in [0.1, 0.15) is 12.4 Å². The summed E-state index contributed by atoms with van der Waals surface area (Å²) in [6.07, 6.45) is 0. The van der Waals surface area contributed by atoms with E-state index in [2.05, 4.69) is 0 Å². The van der Waals surface area contributed by atoms with Gasteiger partial charge >= 0.3 is 5.97 Å². The van der Waals surface area contributed by atoms with E-state index >= 15 is 0 Å². The minimum Gasteiger partial charge on any atom is -0.460 e. The highest BCUT2D eigenvalue weighted by Crippen LogP contribution is 2.14. The van der Waals surface area contributed by atoms with Crippen molar-refractivity contribution in [1.29, 1.82) is 0 Å². The topological polar surface area (TPSA) is 81.8 Å². The maximum Gasteiger partial charge on any atom is 0.340 e. The standard InChI is InChI=1S/C11H14FNO4/c12-8-1-2-10(13)9(7-8)11(15)17-6-5-16-4-3-14/h1-2,7,14H,3-6,13H2. The zero-order valence-electron chi connectivity index (χ0n) is 9.19. The summed E-state index contributed by atoms with van der Waals surface area (Å²) in [7, 11) is 0. The van der Waals surface area contributed by atoms with Gasteiger partial charge in [-0.15, -0.1) is 0 Å². The monoisotopic (exact) mass is 243 g/mol. The van der Waals surface area contributed by atoms with E-state index in [0.717, 1.165) is 12.1 Å². The highest BCUT2D eigenvalue weighted by molar-refractivity contribution is 5.95. The molecule has 0 aliphatic carbocycles. The predicted octanol–water partition coefficient (Wildman–Crippen LogP) is 0.574. The van der Waals surface area contributed by atoms with Crippen LogP contribution in [0, 0.1) is 5.82 Å². The summed E-state index contributed by atoms with van der Waals surface area (Å²) in [6.45, 7) is 0.279. The summed E-state index contributed by atoms with van der Waals surface area (Å²) in [5, 5.41) is 8.43. The third-order valence-corrected chi connectivity index (χ3v) is 1.93. The Kier molecular flexibility index (Phi) is 5.38. The Balaban J connectivity index is 2.44. The van der Waals surface area contributed by atoms with Gasteiger partial charge in [0, 0.05) is 5.69 Å². The lowest BCUT2D eigenvalue weighted by molar-refractivity contribution is 0.0259. The summed E-state index contributed by atoms with van der Waals surface area (Å²) in [4.78, 5) is 11.5. The van der Waals surface area contributed by atoms with Crippen molar-refractivity contribution < 1.29 is 23.8 Å². The first-order valence-corrected chi connectivity index (χ1v) is 5.06. The minimum atomic E-state index is -0.699. The van der Waals surface area contributed by atoms with Crippen LogP contribution in [-0.4, -0.2) is 37.5 Å². The molecule has 0 aliphatic heterocycles. The Morgan fingerprint density at radius 2 is 2.12 bits per heavy atom. The number of carbonyl (C=O) groups is 1. The van der Waals surface area contributed by atoms with Crippen LogP contribution in [0.4, 0.5) is 10.1 Å². The van der Waals surface area contributed by atoms with Crippen molar-refractivity contribution in [1.82, 2.24) is 0 Å². The number of hydrogen-bond acceptors (Lipinski definition) is 5. The van der Waals surface area contributed by atoms with E-state index in [-0.39, 0.29) is 37.7 Å². The van der Waals surface area contributed by atoms with Crippen molar-refractivity contribution >= 4 is 11.7 Å². The van der Waals surface area contributed by atoms with Gasteiger partial charge in [-0.05, 0) is 18.2 Å². The van der Waals surface area contributed by atoms with Crippen molar-refractivity contribution in [3.05, 3.63) is 29.6 Å². The van der Waals surface area contributed by atoms with Crippen LogP contribution >= 0.6 is 0 Å². The van der Waals surface area contributed by atoms with Crippen molar-refractivity contribution in [3.63, 3.8) is 0 Å². The fraction of sp³-hybridized carbons (Fsp3) is 0.364. The molecule has 1 aromatic rings. The van der Waals surface area contributed by atoms with Crippen LogP contribution in [0.3, 0.4) is 0 Å². The average Bonchev–Trinajstić information content (AvgIpc) is 2.32. The van der Waals surface area contributed by atoms with Crippen LogP contribution in [0.1, 0.15) is 10.4 Å². The molecule has 0 saturated heterocycles. The van der Waals surface area contributed by atoms with Crippen LogP contribution in [0.25, 0.3) is 0 Å². The van der Waals surface area contributed by atoms with Gasteiger partial charge in [-0.2, -0.15) is 0 Å². The predicted molar refractivity (Wildman–Crippen MR) is 59.0 cm³/mol. The van der Waals surface area contributed by atoms with Gasteiger partial charge in [0.05, 0.1) is 25.4 Å². The Bertz CT molecular complexity index is 384. The highest BCUT2D eigenvalue weighted by Gasteiger charge is 2.11. The Labute approximate surface area is 97.9 Å². The van der Waals surface area contributed by atoms with Crippen molar-refractivity contribution in [2.45, 2.75) is 0 Å². The normalized spacial score (nSPS) is 10.2. The van der Waals surface area contributed by atoms with E-state index in [4.69, 9.17) is 20.3 Å². The molecule has 0 aromatic heterocycles. The third kappa shape index (κ3) is 4.38. The molecule has 0 aliphatic rings. The van der Waals surface area contributed by atoms with Gasteiger partial charge in [0.2, 0.25) is 0 Å². The molecule has 17 heavy (non-hydrogen) atoms. The van der Waals surface area contributed by atoms with Crippen LogP contribution in [0.15, 0.2) is 18.2 Å². The van der Waals surface area contributed by atoms with Crippen LogP contribution in [0.2, 0.25) is 0 Å². The Morgan fingerprint density at radius 3 is 2.82 bits per heavy atom. The molecule has 0 amide bonds. The number of rotatable bonds is 6. The Morgan fingerprint density at radius 1 is 1.35 bits per heavy atom. The molecular weight excluding hydrogens is 229 g/mol. The van der Waals surface area contributed by atoms with Gasteiger partial charge in [-0.25, -0.2) is 9.18 Å². The number of esters is 1. The molecule has 0 radical (unpaired) electrons. The van der Waals surface area contributed by atoms with Gasteiger partial charge < -0.3 is 20.3 Å². The quantitative estimate of drug-likeness (QED) is 0.434. The zero-order valence-corrected chi connectivity index (χ0v) is 9.19. The SMILES string of the molecule is Nc1ccc(F)cc1C(=O)OCCOCCO. The molecular formula is C11H14FNO4. The first-order chi connectivity index (χ1) is 8.15. The van der Waals surface area contributed by atoms with Gasteiger partial charge in [0.25, 0.3) is 0 Å². The van der Waals surface area contributed by atoms with Gasteiger partial charge in [0.15, 0.2) is 0 Å². The number of anilines is 1. The lowest BCUT2D eigenvalue weighted by Gasteiger charge is -2.07. The average molecular weight is 243 g/mol. The largest absolute Gasteiger partial charge is 0.460 e. The van der Waals surface area contributed by atoms with E-state index in [0.29, 0.717) is 0 Å². The number of aliphatic hydroxyl groups excluding tert-OH is 1. The maximum absolute atomic E-state index is 12.9. The molecule has 1 aromatic carbocycles. The van der Waals surface area contributed by atoms with Crippen molar-refractivity contribution in [2.24, 2.45) is 0 Å². The molecule has 1 rings (SSSR count). The second-order valence-corrected chi connectivity index (χ2v) is 3.20. The number of nitrogen functional groups attached to an aromatic ring is 1. The number of benzene rings is 1. The molecule has 0 spiro atoms. The summed E-state index contributed by atoms with van der Waals surface area (Å²) in [5.41, 5.74) is 5.66. The number of halogens is 1. The second kappa shape index (κ2) is 6.82. The maximum atomic E-state index is 12.9. The Hall–Kier alpha value is -1.66. The van der Waals surface area contributed by atoms with E-state index in [1.807, 2.05) is 0 Å². The number of ether oxygens (including phenoxy) is 2. The molecule has 0 heterocycles. The molecule has 0 bridgehead atoms. The number of hydrogen-bond donors (Lipinski definition) is 2. The number of carbonyl (C=O) groups excluding carboxylic acids is 1. The summed E-state index contributed by atoms with van der Waals surface area (Å²) in [5.74, 6) is -1.25. The molecule has 0 atom stereocenters. The summed E-state index contributed by atoms with van der Waals surface area (Å²) >= 11 is 0. The fourth-order valence-electron chi connectivity index (χ4n) is 1.14. The molecule has 0 unspecified atom stereocenters. The van der Waals surface area contributed by atoms with Crippen LogP contribution in [-0.2, 0) is 9.47 Å². The van der Waals surface area contributed by atoms with E-state index in [9.17, 15) is 9.18 Å². The van der Waals surface area contributed by atoms with Crippen LogP contribution < -0.4 is 5.73 Å². The molecule has 0 fully saturated rings. The number of nitrogens with two attached hydrogens (primary N) is 1.